The Balaban J connectivity index is 1.46. The molecule has 5 nitrogen and oxygen atoms in total. The minimum absolute atomic E-state index is 0.236. The molecule has 3 aliphatic heterocycles. The van der Waals surface area contributed by atoms with Gasteiger partial charge in [-0.1, -0.05) is 18.9 Å². The number of ether oxygens (including phenoxy) is 2. The Labute approximate surface area is 161 Å². The van der Waals surface area contributed by atoms with Crippen molar-refractivity contribution >= 4 is 5.91 Å². The molecule has 1 spiro atoms. The molecule has 3 saturated heterocycles. The summed E-state index contributed by atoms with van der Waals surface area (Å²) in [5, 5.41) is 0. The summed E-state index contributed by atoms with van der Waals surface area (Å²) in [6.45, 7) is 1.99. The van der Waals surface area contributed by atoms with Gasteiger partial charge in [0.15, 0.2) is 11.5 Å². The molecule has 3 heterocycles. The lowest BCUT2D eigenvalue weighted by atomic mass is 9.85. The molecule has 1 saturated carbocycles. The van der Waals surface area contributed by atoms with Crippen molar-refractivity contribution in [1.29, 1.82) is 0 Å². The Hall–Kier alpha value is -1.75. The summed E-state index contributed by atoms with van der Waals surface area (Å²) < 4.78 is 10.9. The van der Waals surface area contributed by atoms with Crippen LogP contribution in [0.3, 0.4) is 0 Å². The fourth-order valence-electron chi connectivity index (χ4n) is 6.43. The summed E-state index contributed by atoms with van der Waals surface area (Å²) in [4.78, 5) is 18.4. The van der Waals surface area contributed by atoms with Crippen LogP contribution in [0.15, 0.2) is 18.2 Å². The van der Waals surface area contributed by atoms with Crippen molar-refractivity contribution in [2.24, 2.45) is 5.92 Å². The average Bonchev–Trinajstić information content (AvgIpc) is 3.44. The molecule has 0 N–H and O–H groups in total. The Morgan fingerprint density at radius 2 is 1.85 bits per heavy atom. The summed E-state index contributed by atoms with van der Waals surface area (Å²) in [6, 6.07) is 7.07. The summed E-state index contributed by atoms with van der Waals surface area (Å²) in [5.74, 6) is 2.43. The van der Waals surface area contributed by atoms with E-state index in [0.717, 1.165) is 43.9 Å². The smallest absolute Gasteiger partial charge is 0.243 e. The zero-order chi connectivity index (χ0) is 18.6. The third-order valence-electron chi connectivity index (χ3n) is 7.63. The molecule has 27 heavy (non-hydrogen) atoms. The molecule has 0 bridgehead atoms. The van der Waals surface area contributed by atoms with Gasteiger partial charge in [0.2, 0.25) is 5.91 Å². The van der Waals surface area contributed by atoms with Gasteiger partial charge in [-0.25, -0.2) is 0 Å². The number of hydrogen-bond donors (Lipinski definition) is 0. The molecule has 4 aliphatic rings. The largest absolute Gasteiger partial charge is 0.493 e. The number of benzene rings is 1. The number of methoxy groups -OCH3 is 2. The maximum absolute atomic E-state index is 13.6. The molecule has 1 aliphatic carbocycles. The molecule has 1 amide bonds. The fourth-order valence-corrected chi connectivity index (χ4v) is 6.43. The number of carbonyl (C=O) groups is 1. The molecule has 5 heteroatoms. The average molecular weight is 370 g/mol. The maximum Gasteiger partial charge on any atom is 0.243 e. The van der Waals surface area contributed by atoms with E-state index in [1.807, 2.05) is 6.07 Å². The molecule has 146 valence electrons. The predicted molar refractivity (Wildman–Crippen MR) is 103 cm³/mol. The van der Waals surface area contributed by atoms with Crippen molar-refractivity contribution < 1.29 is 14.3 Å². The second-order valence-corrected chi connectivity index (χ2v) is 8.68. The van der Waals surface area contributed by atoms with Crippen LogP contribution in [-0.2, 0) is 4.79 Å². The van der Waals surface area contributed by atoms with Gasteiger partial charge in [0.1, 0.15) is 5.54 Å². The lowest BCUT2D eigenvalue weighted by Crippen LogP contribution is -2.51. The highest BCUT2D eigenvalue weighted by molar-refractivity contribution is 5.90. The number of carbonyl (C=O) groups excluding carboxylic acids is 1. The highest BCUT2D eigenvalue weighted by Crippen LogP contribution is 2.57. The first-order valence-corrected chi connectivity index (χ1v) is 10.5. The lowest BCUT2D eigenvalue weighted by Gasteiger charge is -2.35. The van der Waals surface area contributed by atoms with Crippen LogP contribution >= 0.6 is 0 Å². The monoisotopic (exact) mass is 370 g/mol. The van der Waals surface area contributed by atoms with Crippen LogP contribution in [-0.4, -0.2) is 54.6 Å². The summed E-state index contributed by atoms with van der Waals surface area (Å²) in [7, 11) is 3.36. The van der Waals surface area contributed by atoms with Gasteiger partial charge in [-0.15, -0.1) is 0 Å². The van der Waals surface area contributed by atoms with Crippen LogP contribution in [0.25, 0.3) is 0 Å². The zero-order valence-electron chi connectivity index (χ0n) is 16.4. The van der Waals surface area contributed by atoms with Gasteiger partial charge in [-0.2, -0.15) is 0 Å². The molecule has 0 unspecified atom stereocenters. The quantitative estimate of drug-likeness (QED) is 0.815. The van der Waals surface area contributed by atoms with Crippen molar-refractivity contribution in [3.8, 4) is 11.5 Å². The van der Waals surface area contributed by atoms with Crippen LogP contribution < -0.4 is 9.47 Å². The van der Waals surface area contributed by atoms with E-state index in [4.69, 9.17) is 9.47 Å². The minimum Gasteiger partial charge on any atom is -0.493 e. The van der Waals surface area contributed by atoms with Gasteiger partial charge in [0, 0.05) is 24.5 Å². The van der Waals surface area contributed by atoms with Crippen molar-refractivity contribution in [3.05, 3.63) is 23.8 Å². The Bertz CT molecular complexity index is 745. The predicted octanol–water partition coefficient (Wildman–Crippen LogP) is 3.38. The molecule has 1 aromatic carbocycles. The molecule has 1 aromatic rings. The third-order valence-corrected chi connectivity index (χ3v) is 7.63. The minimum atomic E-state index is -0.236. The Kier molecular flexibility index (Phi) is 4.12. The molecule has 5 rings (SSSR count). The van der Waals surface area contributed by atoms with Crippen LogP contribution in [0.4, 0.5) is 0 Å². The highest BCUT2D eigenvalue weighted by atomic mass is 16.5. The van der Waals surface area contributed by atoms with Crippen LogP contribution in [0.5, 0.6) is 11.5 Å². The highest BCUT2D eigenvalue weighted by Gasteiger charge is 2.65. The first-order chi connectivity index (χ1) is 13.2. The summed E-state index contributed by atoms with van der Waals surface area (Å²) in [6.07, 6.45) is 8.20. The van der Waals surface area contributed by atoms with E-state index in [1.54, 1.807) is 14.2 Å². The number of hydrogen-bond acceptors (Lipinski definition) is 4. The maximum atomic E-state index is 13.6. The van der Waals surface area contributed by atoms with Gasteiger partial charge < -0.3 is 14.4 Å². The van der Waals surface area contributed by atoms with E-state index in [0.29, 0.717) is 23.9 Å². The third kappa shape index (κ3) is 2.36. The first-order valence-electron chi connectivity index (χ1n) is 10.5. The molecule has 0 radical (unpaired) electrons. The number of amides is 1. The Morgan fingerprint density at radius 3 is 2.59 bits per heavy atom. The van der Waals surface area contributed by atoms with E-state index in [2.05, 4.69) is 21.9 Å². The van der Waals surface area contributed by atoms with Crippen LogP contribution in [0.1, 0.15) is 56.6 Å². The molecular formula is C22H30N2O3. The van der Waals surface area contributed by atoms with Gasteiger partial charge in [-0.3, -0.25) is 9.69 Å². The second-order valence-electron chi connectivity index (χ2n) is 8.68. The second kappa shape index (κ2) is 6.40. The van der Waals surface area contributed by atoms with Crippen LogP contribution in [0.2, 0.25) is 0 Å². The van der Waals surface area contributed by atoms with Gasteiger partial charge in [0.05, 0.1) is 14.2 Å². The number of rotatable bonds is 4. The Morgan fingerprint density at radius 1 is 1.07 bits per heavy atom. The van der Waals surface area contributed by atoms with Gasteiger partial charge >= 0.3 is 0 Å². The van der Waals surface area contributed by atoms with Gasteiger partial charge in [0.25, 0.3) is 0 Å². The van der Waals surface area contributed by atoms with Crippen molar-refractivity contribution in [2.75, 3.05) is 27.3 Å². The summed E-state index contributed by atoms with van der Waals surface area (Å²) in [5.41, 5.74) is 1.02. The lowest BCUT2D eigenvalue weighted by molar-refractivity contribution is -0.138. The molecule has 0 aromatic heterocycles. The zero-order valence-corrected chi connectivity index (χ0v) is 16.4. The standard InChI is InChI=1S/C22H30N2O3/c1-26-19-9-8-15(12-20(19)27-2)18-13-16-14-23(17-6-3-4-7-17)21(25)22(16)10-5-11-24(18)22/h8-9,12,16-18H,3-7,10-11,13-14H2,1-2H3/t16-,18-,22-/m0/s1. The van der Waals surface area contributed by atoms with E-state index < -0.39 is 0 Å². The number of nitrogens with zero attached hydrogens (tertiary/aromatic N) is 2. The van der Waals surface area contributed by atoms with E-state index in [-0.39, 0.29) is 5.54 Å². The van der Waals surface area contributed by atoms with E-state index in [9.17, 15) is 4.79 Å². The van der Waals surface area contributed by atoms with E-state index >= 15 is 0 Å². The topological polar surface area (TPSA) is 42.0 Å². The SMILES string of the molecule is COc1ccc([C@@H]2C[C@H]3CN(C4CCCC4)C(=O)[C@]34CCCN24)cc1OC. The van der Waals surface area contributed by atoms with Crippen LogP contribution in [0, 0.1) is 5.92 Å². The fraction of sp³-hybridized carbons (Fsp3) is 0.682. The van der Waals surface area contributed by atoms with Gasteiger partial charge in [-0.05, 0) is 56.3 Å². The first kappa shape index (κ1) is 17.4. The number of likely N-dealkylation sites (tertiary alicyclic amines) is 1. The van der Waals surface area contributed by atoms with E-state index in [1.165, 1.54) is 31.2 Å². The molecule has 4 fully saturated rings. The summed E-state index contributed by atoms with van der Waals surface area (Å²) >= 11 is 0. The molecule has 3 atom stereocenters. The molecular weight excluding hydrogens is 340 g/mol. The van der Waals surface area contributed by atoms with Crippen molar-refractivity contribution in [1.82, 2.24) is 9.80 Å². The van der Waals surface area contributed by atoms with Crippen molar-refractivity contribution in [2.45, 2.75) is 62.6 Å². The normalized spacial score (nSPS) is 33.6. The van der Waals surface area contributed by atoms with Crippen molar-refractivity contribution in [3.63, 3.8) is 0 Å².